The van der Waals surface area contributed by atoms with Crippen LogP contribution >= 0.6 is 0 Å². The third kappa shape index (κ3) is 3.85. The van der Waals surface area contributed by atoms with Crippen LogP contribution in [-0.2, 0) is 6.42 Å². The molecule has 0 aliphatic carbocycles. The second-order valence-corrected chi connectivity index (χ2v) is 4.21. The Bertz CT molecular complexity index is 343. The molecule has 1 heterocycles. The maximum absolute atomic E-state index is 5.74. The lowest BCUT2D eigenvalue weighted by atomic mass is 10.1. The van der Waals surface area contributed by atoms with E-state index in [1.165, 1.54) is 12.7 Å². The number of hydrogen-bond acceptors (Lipinski definition) is 5. The number of nitrogen functional groups attached to an aromatic ring is 1. The van der Waals surface area contributed by atoms with Gasteiger partial charge in [-0.1, -0.05) is 27.2 Å². The van der Waals surface area contributed by atoms with Crippen molar-refractivity contribution in [3.8, 4) is 5.88 Å². The summed E-state index contributed by atoms with van der Waals surface area (Å²) in [6.07, 6.45) is 4.59. The van der Waals surface area contributed by atoms with Crippen LogP contribution in [0.5, 0.6) is 5.88 Å². The van der Waals surface area contributed by atoms with Crippen molar-refractivity contribution in [3.63, 3.8) is 0 Å². The summed E-state index contributed by atoms with van der Waals surface area (Å²) in [7, 11) is 0. The number of nitrogens with zero attached hydrogens (tertiary/aromatic N) is 2. The predicted octanol–water partition coefficient (Wildman–Crippen LogP) is 2.14. The van der Waals surface area contributed by atoms with Gasteiger partial charge in [0.25, 0.3) is 0 Å². The van der Waals surface area contributed by atoms with Gasteiger partial charge in [0.15, 0.2) is 0 Å². The largest absolute Gasteiger partial charge is 0.477 e. The molecule has 0 aromatic carbocycles. The van der Waals surface area contributed by atoms with Gasteiger partial charge in [0, 0.05) is 0 Å². The Balaban J connectivity index is 2.70. The Kier molecular flexibility index (Phi) is 5.69. The molecule has 17 heavy (non-hydrogen) atoms. The summed E-state index contributed by atoms with van der Waals surface area (Å²) < 4.78 is 5.74. The SMILES string of the molecule is CCCC(C)COc1ncnc(NN)c1CC. The Morgan fingerprint density at radius 1 is 1.41 bits per heavy atom. The Hall–Kier alpha value is -1.36. The molecule has 0 spiro atoms. The van der Waals surface area contributed by atoms with Gasteiger partial charge in [-0.15, -0.1) is 0 Å². The van der Waals surface area contributed by atoms with Gasteiger partial charge >= 0.3 is 0 Å². The molecule has 0 fully saturated rings. The molecule has 1 unspecified atom stereocenters. The fourth-order valence-electron chi connectivity index (χ4n) is 1.76. The number of nitrogens with one attached hydrogen (secondary N) is 1. The van der Waals surface area contributed by atoms with Crippen molar-refractivity contribution in [2.75, 3.05) is 12.0 Å². The van der Waals surface area contributed by atoms with Gasteiger partial charge in [0.1, 0.15) is 12.1 Å². The van der Waals surface area contributed by atoms with E-state index < -0.39 is 0 Å². The molecule has 1 rings (SSSR count). The van der Waals surface area contributed by atoms with Crippen LogP contribution in [0, 0.1) is 5.92 Å². The molecule has 5 nitrogen and oxygen atoms in total. The lowest BCUT2D eigenvalue weighted by molar-refractivity contribution is 0.240. The average Bonchev–Trinajstić information content (AvgIpc) is 2.36. The normalized spacial score (nSPS) is 12.2. The summed E-state index contributed by atoms with van der Waals surface area (Å²) in [5, 5.41) is 0. The first-order chi connectivity index (χ1) is 8.22. The van der Waals surface area contributed by atoms with Crippen molar-refractivity contribution in [1.29, 1.82) is 0 Å². The molecule has 0 amide bonds. The lowest BCUT2D eigenvalue weighted by Crippen LogP contribution is -2.14. The molecule has 0 saturated carbocycles. The molecular weight excluding hydrogens is 216 g/mol. The Labute approximate surface area is 103 Å². The summed E-state index contributed by atoms with van der Waals surface area (Å²) in [5.74, 6) is 7.22. The number of aromatic nitrogens is 2. The zero-order valence-electron chi connectivity index (χ0n) is 10.9. The van der Waals surface area contributed by atoms with Crippen LogP contribution < -0.4 is 16.0 Å². The smallest absolute Gasteiger partial charge is 0.221 e. The summed E-state index contributed by atoms with van der Waals surface area (Å²) in [6, 6.07) is 0. The van der Waals surface area contributed by atoms with Gasteiger partial charge in [0.2, 0.25) is 5.88 Å². The monoisotopic (exact) mass is 238 g/mol. The molecule has 0 radical (unpaired) electrons. The Morgan fingerprint density at radius 2 is 2.18 bits per heavy atom. The third-order valence-corrected chi connectivity index (χ3v) is 2.68. The van der Waals surface area contributed by atoms with Crippen molar-refractivity contribution in [3.05, 3.63) is 11.9 Å². The minimum Gasteiger partial charge on any atom is -0.477 e. The van der Waals surface area contributed by atoms with Crippen LogP contribution in [0.3, 0.4) is 0 Å². The second kappa shape index (κ2) is 7.06. The van der Waals surface area contributed by atoms with Gasteiger partial charge in [0.05, 0.1) is 12.2 Å². The molecule has 5 heteroatoms. The van der Waals surface area contributed by atoms with E-state index in [0.717, 1.165) is 18.4 Å². The minimum atomic E-state index is 0.536. The third-order valence-electron chi connectivity index (χ3n) is 2.68. The standard InChI is InChI=1S/C12H22N4O/c1-4-6-9(3)7-17-12-10(5-2)11(16-13)14-8-15-12/h8-9H,4-7,13H2,1-3H3,(H,14,15,16). The van der Waals surface area contributed by atoms with Crippen molar-refractivity contribution in [1.82, 2.24) is 9.97 Å². The van der Waals surface area contributed by atoms with E-state index in [1.54, 1.807) is 0 Å². The first kappa shape index (κ1) is 13.7. The van der Waals surface area contributed by atoms with E-state index in [1.807, 2.05) is 6.92 Å². The zero-order valence-corrected chi connectivity index (χ0v) is 10.9. The van der Waals surface area contributed by atoms with E-state index >= 15 is 0 Å². The summed E-state index contributed by atoms with van der Waals surface area (Å²) >= 11 is 0. The van der Waals surface area contributed by atoms with Gasteiger partial charge in [-0.2, -0.15) is 0 Å². The first-order valence-corrected chi connectivity index (χ1v) is 6.16. The van der Waals surface area contributed by atoms with Crippen molar-refractivity contribution in [2.24, 2.45) is 11.8 Å². The van der Waals surface area contributed by atoms with Crippen LogP contribution in [0.15, 0.2) is 6.33 Å². The summed E-state index contributed by atoms with van der Waals surface area (Å²) in [6.45, 7) is 7.07. The van der Waals surface area contributed by atoms with Gasteiger partial charge < -0.3 is 10.2 Å². The van der Waals surface area contributed by atoms with Crippen LogP contribution in [0.1, 0.15) is 39.2 Å². The van der Waals surface area contributed by atoms with Crippen LogP contribution in [0.4, 0.5) is 5.82 Å². The van der Waals surface area contributed by atoms with Crippen molar-refractivity contribution in [2.45, 2.75) is 40.0 Å². The molecule has 0 saturated heterocycles. The number of hydrazine groups is 1. The predicted molar refractivity (Wildman–Crippen MR) is 68.8 cm³/mol. The highest BCUT2D eigenvalue weighted by atomic mass is 16.5. The van der Waals surface area contributed by atoms with Crippen LogP contribution in [0.2, 0.25) is 0 Å². The fourth-order valence-corrected chi connectivity index (χ4v) is 1.76. The number of rotatable bonds is 7. The molecule has 1 aromatic heterocycles. The second-order valence-electron chi connectivity index (χ2n) is 4.21. The average molecular weight is 238 g/mol. The molecule has 3 N–H and O–H groups in total. The molecular formula is C12H22N4O. The highest BCUT2D eigenvalue weighted by Crippen LogP contribution is 2.22. The van der Waals surface area contributed by atoms with Crippen LogP contribution in [0.25, 0.3) is 0 Å². The first-order valence-electron chi connectivity index (χ1n) is 6.16. The maximum Gasteiger partial charge on any atom is 0.221 e. The van der Waals surface area contributed by atoms with Gasteiger partial charge in [-0.05, 0) is 18.8 Å². The van der Waals surface area contributed by atoms with Gasteiger partial charge in [-0.25, -0.2) is 15.8 Å². The Morgan fingerprint density at radius 3 is 2.76 bits per heavy atom. The van der Waals surface area contributed by atoms with E-state index in [2.05, 4.69) is 29.2 Å². The number of hydrogen-bond donors (Lipinski definition) is 2. The van der Waals surface area contributed by atoms with E-state index in [4.69, 9.17) is 10.6 Å². The van der Waals surface area contributed by atoms with Gasteiger partial charge in [-0.3, -0.25) is 0 Å². The topological polar surface area (TPSA) is 73.1 Å². The highest BCUT2D eigenvalue weighted by molar-refractivity contribution is 5.47. The summed E-state index contributed by atoms with van der Waals surface area (Å²) in [4.78, 5) is 8.23. The van der Waals surface area contributed by atoms with Crippen molar-refractivity contribution < 1.29 is 4.74 Å². The number of ether oxygens (including phenoxy) is 1. The van der Waals surface area contributed by atoms with E-state index in [0.29, 0.717) is 24.2 Å². The number of anilines is 1. The fraction of sp³-hybridized carbons (Fsp3) is 0.667. The molecule has 1 atom stereocenters. The maximum atomic E-state index is 5.74. The van der Waals surface area contributed by atoms with E-state index in [9.17, 15) is 0 Å². The van der Waals surface area contributed by atoms with Crippen LogP contribution in [-0.4, -0.2) is 16.6 Å². The number of nitrogens with two attached hydrogens (primary N) is 1. The van der Waals surface area contributed by atoms with Crippen molar-refractivity contribution >= 4 is 5.82 Å². The minimum absolute atomic E-state index is 0.536. The molecule has 96 valence electrons. The molecule has 0 bridgehead atoms. The quantitative estimate of drug-likeness (QED) is 0.562. The highest BCUT2D eigenvalue weighted by Gasteiger charge is 2.11. The molecule has 0 aliphatic heterocycles. The lowest BCUT2D eigenvalue weighted by Gasteiger charge is -2.14. The summed E-state index contributed by atoms with van der Waals surface area (Å²) in [5.41, 5.74) is 3.50. The molecule has 1 aromatic rings. The molecule has 0 aliphatic rings. The van der Waals surface area contributed by atoms with E-state index in [-0.39, 0.29) is 0 Å². The zero-order chi connectivity index (χ0) is 12.7.